The fourth-order valence-corrected chi connectivity index (χ4v) is 3.91. The van der Waals surface area contributed by atoms with Crippen LogP contribution in [-0.4, -0.2) is 37.6 Å². The molecule has 0 aliphatic heterocycles. The molecule has 0 heterocycles. The van der Waals surface area contributed by atoms with E-state index in [4.69, 9.17) is 0 Å². The van der Waals surface area contributed by atoms with E-state index < -0.39 is 23.0 Å². The van der Waals surface area contributed by atoms with Crippen LogP contribution in [0.1, 0.15) is 18.9 Å². The van der Waals surface area contributed by atoms with Gasteiger partial charge in [0.25, 0.3) is 6.43 Å². The molecular weight excluding hydrogens is 352 g/mol. The van der Waals surface area contributed by atoms with E-state index in [0.717, 1.165) is 22.7 Å². The Morgan fingerprint density at radius 1 is 1.25 bits per heavy atom. The normalized spacial score (nSPS) is 12.3. The molecule has 0 aromatic heterocycles. The summed E-state index contributed by atoms with van der Waals surface area (Å²) in [4.78, 5) is 0.0546. The third kappa shape index (κ3) is 4.79. The maximum absolute atomic E-state index is 12.5. The zero-order chi connectivity index (χ0) is 15.2. The molecule has 0 aliphatic rings. The molecule has 0 amide bonds. The van der Waals surface area contributed by atoms with Gasteiger partial charge in [-0.25, -0.2) is 17.2 Å². The van der Waals surface area contributed by atoms with E-state index in [1.165, 1.54) is 12.1 Å². The summed E-state index contributed by atoms with van der Waals surface area (Å²) in [6.45, 7) is 1.26. The van der Waals surface area contributed by atoms with Crippen molar-refractivity contribution in [2.75, 3.05) is 18.4 Å². The molecule has 0 saturated carbocycles. The molecule has 3 nitrogen and oxygen atoms in total. The summed E-state index contributed by atoms with van der Waals surface area (Å²) in [6, 6.07) is 6.41. The Kier molecular flexibility index (Phi) is 7.05. The maximum atomic E-state index is 12.5. The van der Waals surface area contributed by atoms with Gasteiger partial charge in [-0.1, -0.05) is 41.4 Å². The van der Waals surface area contributed by atoms with Gasteiger partial charge in [0.1, 0.15) is 0 Å². The fourth-order valence-electron chi connectivity index (χ4n) is 1.82. The summed E-state index contributed by atoms with van der Waals surface area (Å²) < 4.78 is 50.4. The standard InChI is InChI=1S/C13H18BrF2NO2S/c1-2-3-11-4-6-12(7-5-11)20(18,19)17(9-8-14)10-13(15)16/h4-7,13H,2-3,8-10H2,1H3. The van der Waals surface area contributed by atoms with Crippen molar-refractivity contribution in [3.8, 4) is 0 Å². The van der Waals surface area contributed by atoms with Crippen LogP contribution >= 0.6 is 15.9 Å². The smallest absolute Gasteiger partial charge is 0.209 e. The molecule has 20 heavy (non-hydrogen) atoms. The average molecular weight is 370 g/mol. The van der Waals surface area contributed by atoms with Crippen LogP contribution in [0.4, 0.5) is 8.78 Å². The Balaban J connectivity index is 2.99. The zero-order valence-corrected chi connectivity index (χ0v) is 13.6. The first kappa shape index (κ1) is 17.5. The summed E-state index contributed by atoms with van der Waals surface area (Å²) >= 11 is 3.09. The van der Waals surface area contributed by atoms with Crippen LogP contribution in [0, 0.1) is 0 Å². The number of aryl methyl sites for hydroxylation is 1. The molecule has 0 fully saturated rings. The lowest BCUT2D eigenvalue weighted by molar-refractivity contribution is 0.121. The number of rotatable bonds is 8. The first-order chi connectivity index (χ1) is 9.41. The minimum atomic E-state index is -3.87. The SMILES string of the molecule is CCCc1ccc(S(=O)(=O)N(CCBr)CC(F)F)cc1. The highest BCUT2D eigenvalue weighted by molar-refractivity contribution is 9.09. The van der Waals surface area contributed by atoms with E-state index in [2.05, 4.69) is 15.9 Å². The van der Waals surface area contributed by atoms with Crippen molar-refractivity contribution in [2.45, 2.75) is 31.1 Å². The molecule has 1 rings (SSSR count). The Morgan fingerprint density at radius 2 is 1.85 bits per heavy atom. The summed E-state index contributed by atoms with van der Waals surface area (Å²) in [6.07, 6.45) is -0.862. The average Bonchev–Trinajstić information content (AvgIpc) is 2.39. The van der Waals surface area contributed by atoms with Crippen LogP contribution < -0.4 is 0 Å². The largest absolute Gasteiger partial charge is 0.252 e. The van der Waals surface area contributed by atoms with Crippen LogP contribution in [0.15, 0.2) is 29.2 Å². The van der Waals surface area contributed by atoms with E-state index in [1.807, 2.05) is 6.92 Å². The highest BCUT2D eigenvalue weighted by Gasteiger charge is 2.26. The highest BCUT2D eigenvalue weighted by Crippen LogP contribution is 2.18. The van der Waals surface area contributed by atoms with Gasteiger partial charge in [-0.2, -0.15) is 4.31 Å². The molecule has 0 bridgehead atoms. The topological polar surface area (TPSA) is 37.4 Å². The molecule has 0 radical (unpaired) electrons. The number of sulfonamides is 1. The number of hydrogen-bond acceptors (Lipinski definition) is 2. The van der Waals surface area contributed by atoms with Gasteiger partial charge in [0, 0.05) is 11.9 Å². The maximum Gasteiger partial charge on any atom is 0.252 e. The second-order valence-corrected chi connectivity index (χ2v) is 7.07. The molecular formula is C13H18BrF2NO2S. The number of benzene rings is 1. The predicted octanol–water partition coefficient (Wildman–Crippen LogP) is 3.29. The van der Waals surface area contributed by atoms with Crippen molar-refractivity contribution >= 4 is 26.0 Å². The molecule has 1 aromatic rings. The molecule has 0 unspecified atom stereocenters. The van der Waals surface area contributed by atoms with Gasteiger partial charge in [0.2, 0.25) is 10.0 Å². The van der Waals surface area contributed by atoms with Crippen molar-refractivity contribution in [1.82, 2.24) is 4.31 Å². The van der Waals surface area contributed by atoms with Gasteiger partial charge in [-0.15, -0.1) is 0 Å². The summed E-state index contributed by atoms with van der Waals surface area (Å²) in [5.41, 5.74) is 1.03. The predicted molar refractivity (Wildman–Crippen MR) is 79.0 cm³/mol. The van der Waals surface area contributed by atoms with Crippen molar-refractivity contribution in [1.29, 1.82) is 0 Å². The van der Waals surface area contributed by atoms with Crippen LogP contribution in [0.2, 0.25) is 0 Å². The van der Waals surface area contributed by atoms with Crippen LogP contribution in [0.5, 0.6) is 0 Å². The highest BCUT2D eigenvalue weighted by atomic mass is 79.9. The molecule has 0 aliphatic carbocycles. The van der Waals surface area contributed by atoms with E-state index in [1.54, 1.807) is 12.1 Å². The first-order valence-corrected chi connectivity index (χ1v) is 8.91. The van der Waals surface area contributed by atoms with E-state index in [9.17, 15) is 17.2 Å². The van der Waals surface area contributed by atoms with Crippen molar-refractivity contribution in [3.63, 3.8) is 0 Å². The molecule has 0 spiro atoms. The van der Waals surface area contributed by atoms with Gasteiger partial charge < -0.3 is 0 Å². The number of hydrogen-bond donors (Lipinski definition) is 0. The van der Waals surface area contributed by atoms with Crippen LogP contribution in [0.25, 0.3) is 0 Å². The summed E-state index contributed by atoms with van der Waals surface area (Å²) in [7, 11) is -3.87. The second-order valence-electron chi connectivity index (χ2n) is 4.34. The molecule has 0 atom stereocenters. The molecule has 7 heteroatoms. The van der Waals surface area contributed by atoms with Crippen molar-refractivity contribution < 1.29 is 17.2 Å². The fraction of sp³-hybridized carbons (Fsp3) is 0.538. The molecule has 0 saturated heterocycles. The third-order valence-electron chi connectivity index (χ3n) is 2.78. The third-order valence-corrected chi connectivity index (χ3v) is 5.01. The van der Waals surface area contributed by atoms with Crippen molar-refractivity contribution in [3.05, 3.63) is 29.8 Å². The van der Waals surface area contributed by atoms with Gasteiger partial charge in [-0.05, 0) is 24.1 Å². The minimum Gasteiger partial charge on any atom is -0.209 e. The molecule has 1 aromatic carbocycles. The lowest BCUT2D eigenvalue weighted by Gasteiger charge is -2.21. The van der Waals surface area contributed by atoms with E-state index >= 15 is 0 Å². The number of nitrogens with zero attached hydrogens (tertiary/aromatic N) is 1. The Labute approximate surface area is 127 Å². The first-order valence-electron chi connectivity index (χ1n) is 6.35. The van der Waals surface area contributed by atoms with E-state index in [-0.39, 0.29) is 11.4 Å². The zero-order valence-electron chi connectivity index (χ0n) is 11.2. The Hall–Kier alpha value is -0.530. The van der Waals surface area contributed by atoms with Crippen LogP contribution in [-0.2, 0) is 16.4 Å². The van der Waals surface area contributed by atoms with Gasteiger partial charge in [-0.3, -0.25) is 0 Å². The number of halogens is 3. The van der Waals surface area contributed by atoms with Gasteiger partial charge >= 0.3 is 0 Å². The Bertz CT molecular complexity index is 506. The summed E-state index contributed by atoms with van der Waals surface area (Å²) in [5.74, 6) is 0. The van der Waals surface area contributed by atoms with Gasteiger partial charge in [0.05, 0.1) is 11.4 Å². The monoisotopic (exact) mass is 369 g/mol. The molecule has 0 N–H and O–H groups in total. The lowest BCUT2D eigenvalue weighted by atomic mass is 10.1. The second kappa shape index (κ2) is 8.05. The van der Waals surface area contributed by atoms with Crippen LogP contribution in [0.3, 0.4) is 0 Å². The van der Waals surface area contributed by atoms with Crippen molar-refractivity contribution in [2.24, 2.45) is 0 Å². The Morgan fingerprint density at radius 3 is 2.30 bits per heavy atom. The molecule has 114 valence electrons. The lowest BCUT2D eigenvalue weighted by Crippen LogP contribution is -2.36. The summed E-state index contributed by atoms with van der Waals surface area (Å²) in [5, 5.41) is 0.312. The minimum absolute atomic E-state index is 0.0172. The van der Waals surface area contributed by atoms with E-state index in [0.29, 0.717) is 5.33 Å². The van der Waals surface area contributed by atoms with Gasteiger partial charge in [0.15, 0.2) is 0 Å². The quantitative estimate of drug-likeness (QED) is 0.659. The number of alkyl halides is 3.